The minimum absolute atomic E-state index is 0.357. The summed E-state index contributed by atoms with van der Waals surface area (Å²) in [4.78, 5) is 0. The zero-order valence-electron chi connectivity index (χ0n) is 12.0. The van der Waals surface area contributed by atoms with Crippen LogP contribution in [0.2, 0.25) is 0 Å². The lowest BCUT2D eigenvalue weighted by molar-refractivity contribution is -0.0225. The Labute approximate surface area is 112 Å². The van der Waals surface area contributed by atoms with Gasteiger partial charge < -0.3 is 9.84 Å². The summed E-state index contributed by atoms with van der Waals surface area (Å²) in [5.41, 5.74) is -0.357. The smallest absolute Gasteiger partial charge is 0.0650 e. The molecule has 0 amide bonds. The van der Waals surface area contributed by atoms with Crippen LogP contribution in [0.25, 0.3) is 0 Å². The summed E-state index contributed by atoms with van der Waals surface area (Å²) in [5, 5.41) is 10.8. The molecule has 2 heteroatoms. The summed E-state index contributed by atoms with van der Waals surface area (Å²) in [7, 11) is 0. The lowest BCUT2D eigenvalue weighted by Crippen LogP contribution is -2.33. The first-order valence-electron chi connectivity index (χ1n) is 8.02. The van der Waals surface area contributed by atoms with Gasteiger partial charge in [0.25, 0.3) is 0 Å². The third-order valence-corrected chi connectivity index (χ3v) is 4.98. The zero-order valence-corrected chi connectivity index (χ0v) is 12.0. The molecule has 1 aliphatic carbocycles. The van der Waals surface area contributed by atoms with E-state index in [1.54, 1.807) is 0 Å². The molecule has 1 aliphatic heterocycles. The summed E-state index contributed by atoms with van der Waals surface area (Å²) in [6.45, 7) is 4.08. The van der Waals surface area contributed by atoms with Gasteiger partial charge >= 0.3 is 0 Å². The Bertz CT molecular complexity index is 235. The Morgan fingerprint density at radius 2 is 1.83 bits per heavy atom. The average Bonchev–Trinajstić information content (AvgIpc) is 2.54. The van der Waals surface area contributed by atoms with Crippen molar-refractivity contribution in [3.05, 3.63) is 0 Å². The van der Waals surface area contributed by atoms with Crippen LogP contribution in [0.4, 0.5) is 0 Å². The normalized spacial score (nSPS) is 35.3. The maximum absolute atomic E-state index is 10.8. The van der Waals surface area contributed by atoms with Crippen molar-refractivity contribution in [2.24, 2.45) is 11.8 Å². The van der Waals surface area contributed by atoms with Gasteiger partial charge in [-0.3, -0.25) is 0 Å². The average molecular weight is 254 g/mol. The van der Waals surface area contributed by atoms with E-state index >= 15 is 0 Å². The van der Waals surface area contributed by atoms with E-state index in [0.717, 1.165) is 51.2 Å². The molecule has 0 aromatic carbocycles. The Kier molecular flexibility index (Phi) is 5.50. The lowest BCUT2D eigenvalue weighted by Gasteiger charge is -2.33. The highest BCUT2D eigenvalue weighted by Crippen LogP contribution is 2.38. The maximum Gasteiger partial charge on any atom is 0.0650 e. The van der Waals surface area contributed by atoms with Gasteiger partial charge in [0.15, 0.2) is 0 Å². The van der Waals surface area contributed by atoms with Gasteiger partial charge in [-0.25, -0.2) is 0 Å². The molecular formula is C16H30O2. The van der Waals surface area contributed by atoms with Gasteiger partial charge in [-0.1, -0.05) is 32.6 Å². The van der Waals surface area contributed by atoms with Crippen molar-refractivity contribution in [1.82, 2.24) is 0 Å². The summed E-state index contributed by atoms with van der Waals surface area (Å²) in [6.07, 6.45) is 11.9. The van der Waals surface area contributed by atoms with Crippen molar-refractivity contribution in [3.63, 3.8) is 0 Å². The largest absolute Gasteiger partial charge is 0.390 e. The zero-order chi connectivity index (χ0) is 12.8. The summed E-state index contributed by atoms with van der Waals surface area (Å²) >= 11 is 0. The molecule has 1 N–H and O–H groups in total. The second-order valence-electron chi connectivity index (χ2n) is 6.57. The first-order valence-corrected chi connectivity index (χ1v) is 8.02. The van der Waals surface area contributed by atoms with Crippen LogP contribution < -0.4 is 0 Å². The minimum Gasteiger partial charge on any atom is -0.390 e. The van der Waals surface area contributed by atoms with Gasteiger partial charge in [0, 0.05) is 13.2 Å². The molecular weight excluding hydrogens is 224 g/mol. The molecule has 18 heavy (non-hydrogen) atoms. The standard InChI is InChI=1S/C16H30O2/c1-2-4-14-5-3-9-16(17,10-6-14)13-15-7-11-18-12-8-15/h14-15,17H,2-13H2,1H3. The van der Waals surface area contributed by atoms with Gasteiger partial charge in [-0.05, 0) is 50.4 Å². The molecule has 2 rings (SSSR count). The number of hydrogen-bond donors (Lipinski definition) is 1. The number of aliphatic hydroxyl groups is 1. The third-order valence-electron chi connectivity index (χ3n) is 4.98. The molecule has 1 heterocycles. The molecule has 0 bridgehead atoms. The van der Waals surface area contributed by atoms with E-state index in [1.807, 2.05) is 0 Å². The van der Waals surface area contributed by atoms with Crippen molar-refractivity contribution < 1.29 is 9.84 Å². The first-order chi connectivity index (χ1) is 8.72. The van der Waals surface area contributed by atoms with E-state index in [1.165, 1.54) is 32.1 Å². The second kappa shape index (κ2) is 6.91. The second-order valence-corrected chi connectivity index (χ2v) is 6.57. The quantitative estimate of drug-likeness (QED) is 0.771. The predicted molar refractivity (Wildman–Crippen MR) is 74.6 cm³/mol. The lowest BCUT2D eigenvalue weighted by atomic mass is 9.81. The predicted octanol–water partition coefficient (Wildman–Crippen LogP) is 3.91. The molecule has 2 unspecified atom stereocenters. The van der Waals surface area contributed by atoms with Crippen molar-refractivity contribution in [1.29, 1.82) is 0 Å². The van der Waals surface area contributed by atoms with E-state index in [0.29, 0.717) is 5.92 Å². The Morgan fingerprint density at radius 1 is 1.06 bits per heavy atom. The van der Waals surface area contributed by atoms with Crippen molar-refractivity contribution in [3.8, 4) is 0 Å². The van der Waals surface area contributed by atoms with Crippen LogP contribution in [0.3, 0.4) is 0 Å². The van der Waals surface area contributed by atoms with Crippen LogP contribution in [0.1, 0.15) is 71.1 Å². The molecule has 0 spiro atoms. The van der Waals surface area contributed by atoms with Gasteiger partial charge in [-0.2, -0.15) is 0 Å². The molecule has 2 atom stereocenters. The first kappa shape index (κ1) is 14.3. The Morgan fingerprint density at radius 3 is 2.56 bits per heavy atom. The molecule has 1 saturated carbocycles. The molecule has 106 valence electrons. The molecule has 0 radical (unpaired) electrons. The van der Waals surface area contributed by atoms with Gasteiger partial charge in [0.05, 0.1) is 5.60 Å². The molecule has 2 fully saturated rings. The number of hydrogen-bond acceptors (Lipinski definition) is 2. The molecule has 2 aliphatic rings. The Hall–Kier alpha value is -0.0800. The van der Waals surface area contributed by atoms with Gasteiger partial charge in [0.1, 0.15) is 0 Å². The van der Waals surface area contributed by atoms with Crippen LogP contribution in [-0.2, 0) is 4.74 Å². The van der Waals surface area contributed by atoms with Crippen molar-refractivity contribution in [2.45, 2.75) is 76.7 Å². The monoisotopic (exact) mass is 254 g/mol. The van der Waals surface area contributed by atoms with E-state index in [4.69, 9.17) is 4.74 Å². The highest BCUT2D eigenvalue weighted by atomic mass is 16.5. The van der Waals surface area contributed by atoms with Crippen LogP contribution in [0.15, 0.2) is 0 Å². The fourth-order valence-corrected chi connectivity index (χ4v) is 3.85. The number of ether oxygens (including phenoxy) is 1. The van der Waals surface area contributed by atoms with Gasteiger partial charge in [-0.15, -0.1) is 0 Å². The fourth-order valence-electron chi connectivity index (χ4n) is 3.85. The van der Waals surface area contributed by atoms with Crippen molar-refractivity contribution in [2.75, 3.05) is 13.2 Å². The Balaban J connectivity index is 1.82. The van der Waals surface area contributed by atoms with Crippen LogP contribution in [0.5, 0.6) is 0 Å². The summed E-state index contributed by atoms with van der Waals surface area (Å²) < 4.78 is 5.41. The van der Waals surface area contributed by atoms with Crippen molar-refractivity contribution >= 4 is 0 Å². The summed E-state index contributed by atoms with van der Waals surface area (Å²) in [5.74, 6) is 1.57. The topological polar surface area (TPSA) is 29.5 Å². The fraction of sp³-hybridized carbons (Fsp3) is 1.00. The van der Waals surface area contributed by atoms with E-state index < -0.39 is 0 Å². The third kappa shape index (κ3) is 4.24. The van der Waals surface area contributed by atoms with Crippen LogP contribution in [-0.4, -0.2) is 23.9 Å². The molecule has 0 aromatic heterocycles. The SMILES string of the molecule is CCCC1CCCC(O)(CC2CCOCC2)CC1. The van der Waals surface area contributed by atoms with E-state index in [-0.39, 0.29) is 5.60 Å². The maximum atomic E-state index is 10.8. The van der Waals surface area contributed by atoms with E-state index in [2.05, 4.69) is 6.92 Å². The number of rotatable bonds is 4. The highest BCUT2D eigenvalue weighted by molar-refractivity contribution is 4.86. The van der Waals surface area contributed by atoms with Crippen LogP contribution >= 0.6 is 0 Å². The summed E-state index contributed by atoms with van der Waals surface area (Å²) in [6, 6.07) is 0. The molecule has 0 aromatic rings. The molecule has 2 nitrogen and oxygen atoms in total. The van der Waals surface area contributed by atoms with Crippen LogP contribution in [0, 0.1) is 11.8 Å². The minimum atomic E-state index is -0.357. The molecule has 1 saturated heterocycles. The van der Waals surface area contributed by atoms with E-state index in [9.17, 15) is 5.11 Å². The highest BCUT2D eigenvalue weighted by Gasteiger charge is 2.33. The van der Waals surface area contributed by atoms with Gasteiger partial charge in [0.2, 0.25) is 0 Å².